The Kier molecular flexibility index (Phi) is 7.28. The standard InChI is InChI=1S/C14H28N2O2/c1-4-18-12(3)9-16-14(17)8-11(2)13-6-5-7-15-10-13/h11-13,15H,4-10H2,1-3H3,(H,16,17). The second-order valence-corrected chi connectivity index (χ2v) is 5.36. The first-order valence-corrected chi connectivity index (χ1v) is 7.22. The van der Waals surface area contributed by atoms with Gasteiger partial charge in [-0.3, -0.25) is 4.79 Å². The van der Waals surface area contributed by atoms with E-state index in [0.29, 0.717) is 31.4 Å². The topological polar surface area (TPSA) is 50.4 Å². The molecule has 1 heterocycles. The summed E-state index contributed by atoms with van der Waals surface area (Å²) in [4.78, 5) is 11.8. The van der Waals surface area contributed by atoms with Gasteiger partial charge in [-0.25, -0.2) is 0 Å². The maximum Gasteiger partial charge on any atom is 0.220 e. The summed E-state index contributed by atoms with van der Waals surface area (Å²) in [5, 5.41) is 6.36. The highest BCUT2D eigenvalue weighted by molar-refractivity contribution is 5.76. The van der Waals surface area contributed by atoms with Gasteiger partial charge >= 0.3 is 0 Å². The first-order chi connectivity index (χ1) is 8.63. The molecule has 18 heavy (non-hydrogen) atoms. The molecule has 106 valence electrons. The van der Waals surface area contributed by atoms with E-state index in [1.807, 2.05) is 13.8 Å². The van der Waals surface area contributed by atoms with E-state index < -0.39 is 0 Å². The van der Waals surface area contributed by atoms with Crippen LogP contribution in [-0.4, -0.2) is 38.3 Å². The van der Waals surface area contributed by atoms with Crippen molar-refractivity contribution in [1.29, 1.82) is 0 Å². The molecule has 2 N–H and O–H groups in total. The molecule has 0 aromatic heterocycles. The predicted molar refractivity (Wildman–Crippen MR) is 73.5 cm³/mol. The van der Waals surface area contributed by atoms with Crippen LogP contribution in [-0.2, 0) is 9.53 Å². The number of carbonyl (C=O) groups is 1. The minimum Gasteiger partial charge on any atom is -0.377 e. The lowest BCUT2D eigenvalue weighted by Crippen LogP contribution is -2.37. The fourth-order valence-corrected chi connectivity index (χ4v) is 2.50. The molecule has 1 amide bonds. The number of hydrogen-bond donors (Lipinski definition) is 2. The molecule has 1 aliphatic rings. The fraction of sp³-hybridized carbons (Fsp3) is 0.929. The summed E-state index contributed by atoms with van der Waals surface area (Å²) in [5.41, 5.74) is 0. The molecule has 3 unspecified atom stereocenters. The first-order valence-electron chi connectivity index (χ1n) is 7.22. The van der Waals surface area contributed by atoms with E-state index in [-0.39, 0.29) is 12.0 Å². The second kappa shape index (κ2) is 8.48. The number of carbonyl (C=O) groups excluding carboxylic acids is 1. The average molecular weight is 256 g/mol. The lowest BCUT2D eigenvalue weighted by atomic mass is 9.85. The molecule has 4 nitrogen and oxygen atoms in total. The number of nitrogens with one attached hydrogen (secondary N) is 2. The van der Waals surface area contributed by atoms with Crippen LogP contribution in [0.15, 0.2) is 0 Å². The van der Waals surface area contributed by atoms with E-state index in [1.54, 1.807) is 0 Å². The Morgan fingerprint density at radius 3 is 2.89 bits per heavy atom. The van der Waals surface area contributed by atoms with Crippen molar-refractivity contribution in [2.24, 2.45) is 11.8 Å². The van der Waals surface area contributed by atoms with E-state index in [9.17, 15) is 4.79 Å². The molecule has 0 aliphatic carbocycles. The van der Waals surface area contributed by atoms with Gasteiger partial charge < -0.3 is 15.4 Å². The quantitative estimate of drug-likeness (QED) is 0.726. The molecule has 4 heteroatoms. The van der Waals surface area contributed by atoms with Crippen molar-refractivity contribution < 1.29 is 9.53 Å². The summed E-state index contributed by atoms with van der Waals surface area (Å²) in [6.07, 6.45) is 3.21. The van der Waals surface area contributed by atoms with Crippen LogP contribution in [0.1, 0.15) is 40.0 Å². The molecule has 0 aromatic rings. The molecule has 0 bridgehead atoms. The largest absolute Gasteiger partial charge is 0.377 e. The van der Waals surface area contributed by atoms with Crippen molar-refractivity contribution in [3.05, 3.63) is 0 Å². The van der Waals surface area contributed by atoms with Gasteiger partial charge in [-0.1, -0.05) is 6.92 Å². The molecule has 1 rings (SSSR count). The highest BCUT2D eigenvalue weighted by atomic mass is 16.5. The number of piperidine rings is 1. The fourth-order valence-electron chi connectivity index (χ4n) is 2.50. The Balaban J connectivity index is 2.18. The van der Waals surface area contributed by atoms with Crippen LogP contribution in [0.2, 0.25) is 0 Å². The van der Waals surface area contributed by atoms with Gasteiger partial charge in [-0.15, -0.1) is 0 Å². The van der Waals surface area contributed by atoms with Crippen LogP contribution in [0, 0.1) is 11.8 Å². The molecule has 0 saturated carbocycles. The summed E-state index contributed by atoms with van der Waals surface area (Å²) < 4.78 is 5.39. The number of hydrogen-bond acceptors (Lipinski definition) is 3. The Bertz CT molecular complexity index is 240. The van der Waals surface area contributed by atoms with Crippen molar-refractivity contribution in [1.82, 2.24) is 10.6 Å². The molecule has 1 fully saturated rings. The molecule has 0 radical (unpaired) electrons. The van der Waals surface area contributed by atoms with Gasteiger partial charge in [0.25, 0.3) is 0 Å². The zero-order valence-corrected chi connectivity index (χ0v) is 12.0. The highest BCUT2D eigenvalue weighted by Gasteiger charge is 2.21. The van der Waals surface area contributed by atoms with Crippen LogP contribution in [0.5, 0.6) is 0 Å². The van der Waals surface area contributed by atoms with Crippen LogP contribution < -0.4 is 10.6 Å². The average Bonchev–Trinajstić information content (AvgIpc) is 2.38. The van der Waals surface area contributed by atoms with Crippen molar-refractivity contribution in [3.63, 3.8) is 0 Å². The smallest absolute Gasteiger partial charge is 0.220 e. The summed E-state index contributed by atoms with van der Waals surface area (Å²) >= 11 is 0. The Labute approximate surface area is 111 Å². The lowest BCUT2D eigenvalue weighted by molar-refractivity contribution is -0.122. The third-order valence-corrected chi connectivity index (χ3v) is 3.68. The van der Waals surface area contributed by atoms with Gasteiger partial charge in [-0.2, -0.15) is 0 Å². The van der Waals surface area contributed by atoms with Gasteiger partial charge in [0.05, 0.1) is 6.10 Å². The van der Waals surface area contributed by atoms with Gasteiger partial charge in [0.15, 0.2) is 0 Å². The van der Waals surface area contributed by atoms with Crippen molar-refractivity contribution >= 4 is 5.91 Å². The van der Waals surface area contributed by atoms with E-state index in [4.69, 9.17) is 4.74 Å². The van der Waals surface area contributed by atoms with Crippen LogP contribution in [0.25, 0.3) is 0 Å². The van der Waals surface area contributed by atoms with E-state index in [0.717, 1.165) is 13.1 Å². The van der Waals surface area contributed by atoms with Crippen molar-refractivity contribution in [2.45, 2.75) is 46.1 Å². The molecule has 1 saturated heterocycles. The van der Waals surface area contributed by atoms with Gasteiger partial charge in [0.2, 0.25) is 5.91 Å². The summed E-state index contributed by atoms with van der Waals surface area (Å²) in [6.45, 7) is 9.63. The highest BCUT2D eigenvalue weighted by Crippen LogP contribution is 2.22. The zero-order chi connectivity index (χ0) is 13.4. The molecular weight excluding hydrogens is 228 g/mol. The Morgan fingerprint density at radius 1 is 1.50 bits per heavy atom. The van der Waals surface area contributed by atoms with Crippen LogP contribution in [0.3, 0.4) is 0 Å². The van der Waals surface area contributed by atoms with Crippen LogP contribution >= 0.6 is 0 Å². The van der Waals surface area contributed by atoms with E-state index >= 15 is 0 Å². The Morgan fingerprint density at radius 2 is 2.28 bits per heavy atom. The lowest BCUT2D eigenvalue weighted by Gasteiger charge is -2.28. The summed E-state index contributed by atoms with van der Waals surface area (Å²) in [6, 6.07) is 0. The second-order valence-electron chi connectivity index (χ2n) is 5.36. The number of amides is 1. The summed E-state index contributed by atoms with van der Waals surface area (Å²) in [7, 11) is 0. The van der Waals surface area contributed by atoms with Gasteiger partial charge in [0, 0.05) is 19.6 Å². The summed E-state index contributed by atoms with van der Waals surface area (Å²) in [5.74, 6) is 1.26. The maximum absolute atomic E-state index is 11.8. The third kappa shape index (κ3) is 5.83. The minimum atomic E-state index is 0.102. The third-order valence-electron chi connectivity index (χ3n) is 3.68. The molecule has 0 aromatic carbocycles. The van der Waals surface area contributed by atoms with Crippen molar-refractivity contribution in [3.8, 4) is 0 Å². The SMILES string of the molecule is CCOC(C)CNC(=O)CC(C)C1CCCNC1. The maximum atomic E-state index is 11.8. The monoisotopic (exact) mass is 256 g/mol. The molecule has 1 aliphatic heterocycles. The van der Waals surface area contributed by atoms with Gasteiger partial charge in [0.1, 0.15) is 0 Å². The molecular formula is C14H28N2O2. The Hall–Kier alpha value is -0.610. The number of rotatable bonds is 7. The normalized spacial score (nSPS) is 23.4. The number of ether oxygens (including phenoxy) is 1. The minimum absolute atomic E-state index is 0.102. The first kappa shape index (κ1) is 15.4. The molecule has 0 spiro atoms. The van der Waals surface area contributed by atoms with E-state index in [1.165, 1.54) is 12.8 Å². The predicted octanol–water partition coefficient (Wildman–Crippen LogP) is 1.55. The van der Waals surface area contributed by atoms with Gasteiger partial charge in [-0.05, 0) is 51.6 Å². The van der Waals surface area contributed by atoms with Crippen LogP contribution in [0.4, 0.5) is 0 Å². The van der Waals surface area contributed by atoms with Crippen molar-refractivity contribution in [2.75, 3.05) is 26.2 Å². The zero-order valence-electron chi connectivity index (χ0n) is 12.0. The van der Waals surface area contributed by atoms with E-state index in [2.05, 4.69) is 17.6 Å². The molecule has 3 atom stereocenters.